The van der Waals surface area contributed by atoms with Gasteiger partial charge in [-0.1, -0.05) is 34.5 Å². The van der Waals surface area contributed by atoms with Gasteiger partial charge < -0.3 is 20.6 Å². The first-order valence-corrected chi connectivity index (χ1v) is 13.1. The zero-order valence-electron chi connectivity index (χ0n) is 17.7. The number of alkyl halides is 1. The van der Waals surface area contributed by atoms with Gasteiger partial charge in [0.2, 0.25) is 17.7 Å². The van der Waals surface area contributed by atoms with Gasteiger partial charge in [-0.15, -0.1) is 11.8 Å². The predicted octanol–water partition coefficient (Wildman–Crippen LogP) is 2.65. The molecule has 3 amide bonds. The zero-order valence-corrected chi connectivity index (χ0v) is 20.9. The highest BCUT2D eigenvalue weighted by Gasteiger charge is 2.75. The molecule has 6 atom stereocenters. The van der Waals surface area contributed by atoms with Crippen molar-refractivity contribution in [3.8, 4) is 0 Å². The molecule has 3 heterocycles. The molecule has 1 aromatic carbocycles. The summed E-state index contributed by atoms with van der Waals surface area (Å²) in [5, 5.41) is 15.8. The number of amides is 3. The first kappa shape index (κ1) is 23.9. The summed E-state index contributed by atoms with van der Waals surface area (Å²) in [6, 6.07) is 6.11. The maximum Gasteiger partial charge on any atom is 0.248 e. The van der Waals surface area contributed by atoms with Crippen LogP contribution in [0, 0.1) is 11.8 Å². The summed E-state index contributed by atoms with van der Waals surface area (Å²) in [7, 11) is 0. The van der Waals surface area contributed by atoms with Crippen molar-refractivity contribution in [3.05, 3.63) is 29.3 Å². The molecule has 1 spiro atoms. The van der Waals surface area contributed by atoms with Gasteiger partial charge in [0, 0.05) is 40.5 Å². The number of hydrogen-bond acceptors (Lipinski definition) is 5. The average molecular weight is 545 g/mol. The van der Waals surface area contributed by atoms with Crippen molar-refractivity contribution >= 4 is 62.7 Å². The number of nitrogens with one attached hydrogen (secondary N) is 2. The molecule has 3 unspecified atom stereocenters. The largest absolute Gasteiger partial charge is 0.396 e. The number of anilines is 1. The molecule has 3 aliphatic heterocycles. The van der Waals surface area contributed by atoms with Crippen LogP contribution in [-0.2, 0) is 14.4 Å². The van der Waals surface area contributed by atoms with Gasteiger partial charge in [0.25, 0.3) is 0 Å². The summed E-state index contributed by atoms with van der Waals surface area (Å²) in [6.45, 7) is 2.74. The van der Waals surface area contributed by atoms with Gasteiger partial charge >= 0.3 is 0 Å². The van der Waals surface area contributed by atoms with E-state index in [9.17, 15) is 19.5 Å². The van der Waals surface area contributed by atoms with Gasteiger partial charge in [-0.3, -0.25) is 14.4 Å². The number of hydrogen-bond donors (Lipinski definition) is 3. The van der Waals surface area contributed by atoms with Crippen LogP contribution in [-0.4, -0.2) is 68.3 Å². The van der Waals surface area contributed by atoms with Crippen LogP contribution in [0.2, 0.25) is 5.02 Å². The Labute approximate surface area is 205 Å². The minimum Gasteiger partial charge on any atom is -0.396 e. The first-order chi connectivity index (χ1) is 15.3. The van der Waals surface area contributed by atoms with E-state index >= 15 is 0 Å². The van der Waals surface area contributed by atoms with Crippen molar-refractivity contribution in [1.82, 2.24) is 10.2 Å². The number of likely N-dealkylation sites (tertiary alicyclic amines) is 1. The van der Waals surface area contributed by atoms with Crippen LogP contribution < -0.4 is 10.6 Å². The van der Waals surface area contributed by atoms with Crippen LogP contribution in [0.3, 0.4) is 0 Å². The summed E-state index contributed by atoms with van der Waals surface area (Å²) >= 11 is 11.3. The Balaban J connectivity index is 1.68. The molecule has 1 aromatic rings. The van der Waals surface area contributed by atoms with Crippen LogP contribution in [0.1, 0.15) is 26.2 Å². The number of carbonyl (C=O) groups excluding carboxylic acids is 3. The van der Waals surface area contributed by atoms with E-state index in [0.29, 0.717) is 30.1 Å². The fourth-order valence-electron chi connectivity index (χ4n) is 5.32. The second-order valence-corrected chi connectivity index (χ2v) is 11.7. The summed E-state index contributed by atoms with van der Waals surface area (Å²) in [5.41, 5.74) is 0.596. The van der Waals surface area contributed by atoms with Gasteiger partial charge in [-0.05, 0) is 43.5 Å². The highest BCUT2D eigenvalue weighted by Crippen LogP contribution is 2.67. The third-order valence-electron chi connectivity index (χ3n) is 6.56. The van der Waals surface area contributed by atoms with Gasteiger partial charge in [-0.25, -0.2) is 0 Å². The number of aliphatic hydroxyl groups excluding tert-OH is 1. The molecule has 174 valence electrons. The molecule has 3 fully saturated rings. The molecule has 0 radical (unpaired) electrons. The molecule has 10 heteroatoms. The average Bonchev–Trinajstić information content (AvgIpc) is 3.35. The van der Waals surface area contributed by atoms with Crippen molar-refractivity contribution in [2.75, 3.05) is 25.0 Å². The van der Waals surface area contributed by atoms with Crippen molar-refractivity contribution in [2.24, 2.45) is 11.8 Å². The Bertz CT molecular complexity index is 904. The highest BCUT2D eigenvalue weighted by molar-refractivity contribution is 9.09. The first-order valence-electron chi connectivity index (χ1n) is 10.9. The molecule has 7 nitrogen and oxygen atoms in total. The van der Waals surface area contributed by atoms with Crippen molar-refractivity contribution in [1.29, 1.82) is 0 Å². The van der Waals surface area contributed by atoms with Crippen LogP contribution >= 0.6 is 39.3 Å². The highest BCUT2D eigenvalue weighted by atomic mass is 79.9. The number of rotatable bonds is 8. The third kappa shape index (κ3) is 3.95. The second kappa shape index (κ2) is 9.52. The van der Waals surface area contributed by atoms with Crippen molar-refractivity contribution in [2.45, 2.75) is 47.1 Å². The lowest BCUT2D eigenvalue weighted by atomic mass is 9.70. The molecule has 32 heavy (non-hydrogen) atoms. The van der Waals surface area contributed by atoms with Crippen molar-refractivity contribution < 1.29 is 19.5 Å². The van der Waals surface area contributed by atoms with Gasteiger partial charge in [0.1, 0.15) is 6.04 Å². The molecule has 4 rings (SSSR count). The molecule has 0 saturated carbocycles. The molecule has 0 aliphatic carbocycles. The monoisotopic (exact) mass is 543 g/mol. The molecule has 3 N–H and O–H groups in total. The maximum atomic E-state index is 13.6. The quantitative estimate of drug-likeness (QED) is 0.437. The Morgan fingerprint density at radius 1 is 1.31 bits per heavy atom. The summed E-state index contributed by atoms with van der Waals surface area (Å²) in [6.07, 6.45) is 1.81. The predicted molar refractivity (Wildman–Crippen MR) is 129 cm³/mol. The van der Waals surface area contributed by atoms with E-state index < -0.39 is 22.6 Å². The van der Waals surface area contributed by atoms with E-state index in [4.69, 9.17) is 11.6 Å². The van der Waals surface area contributed by atoms with Gasteiger partial charge in [0.05, 0.1) is 16.6 Å². The number of aliphatic hydroxyl groups is 1. The molecule has 2 bridgehead atoms. The second-order valence-electron chi connectivity index (χ2n) is 8.56. The molecular formula is C22H27BrClN3O4S. The number of carbonyl (C=O) groups is 3. The van der Waals surface area contributed by atoms with Crippen LogP contribution in [0.5, 0.6) is 0 Å². The molecule has 3 aliphatic rings. The normalized spacial score (nSPS) is 32.8. The topological polar surface area (TPSA) is 98.7 Å². The lowest BCUT2D eigenvalue weighted by Gasteiger charge is -2.35. The van der Waals surface area contributed by atoms with E-state index in [-0.39, 0.29) is 41.0 Å². The van der Waals surface area contributed by atoms with E-state index in [2.05, 4.69) is 26.6 Å². The van der Waals surface area contributed by atoms with Crippen LogP contribution in [0.4, 0.5) is 5.69 Å². The number of thioether (sulfide) groups is 1. The summed E-state index contributed by atoms with van der Waals surface area (Å²) in [5.74, 6) is -1.59. The smallest absolute Gasteiger partial charge is 0.248 e. The lowest BCUT2D eigenvalue weighted by molar-refractivity contribution is -0.139. The summed E-state index contributed by atoms with van der Waals surface area (Å²) in [4.78, 5) is 41.9. The fraction of sp³-hybridized carbons (Fsp3) is 0.591. The minimum atomic E-state index is -0.721. The van der Waals surface area contributed by atoms with E-state index in [1.165, 1.54) is 0 Å². The Morgan fingerprint density at radius 2 is 2.03 bits per heavy atom. The van der Waals surface area contributed by atoms with Gasteiger partial charge in [0.15, 0.2) is 0 Å². The SMILES string of the molecule is CCCNC(=O)[C@H]1[C@H]2C(=O)N(CCCO)C(C(=O)Nc3ccc(Cl)cc3)C23CC(Br)[C@@H]1S3. The Morgan fingerprint density at radius 3 is 2.69 bits per heavy atom. The van der Waals surface area contributed by atoms with Gasteiger partial charge in [-0.2, -0.15) is 0 Å². The fourth-order valence-corrected chi connectivity index (χ4v) is 9.06. The maximum absolute atomic E-state index is 13.6. The molecule has 3 saturated heterocycles. The third-order valence-corrected chi connectivity index (χ3v) is 10.0. The lowest BCUT2D eigenvalue weighted by Crippen LogP contribution is -2.53. The number of nitrogens with zero attached hydrogens (tertiary/aromatic N) is 1. The molecular weight excluding hydrogens is 518 g/mol. The summed E-state index contributed by atoms with van der Waals surface area (Å²) < 4.78 is -0.684. The molecule has 0 aromatic heterocycles. The standard InChI is InChI=1S/C22H27BrClN3O4S/c1-2-8-25-19(29)15-16-21(31)27(9-3-10-28)18(22(16)11-14(23)17(15)32-22)20(30)26-13-6-4-12(24)5-7-13/h4-7,14-18,28H,2-3,8-11H2,1H3,(H,25,29)(H,26,30)/t14?,15-,16-,17-,18?,22?/m0/s1. The van der Waals surface area contributed by atoms with E-state index in [1.807, 2.05) is 6.92 Å². The van der Waals surface area contributed by atoms with E-state index in [0.717, 1.165) is 6.42 Å². The Hall–Kier alpha value is -1.29. The zero-order chi connectivity index (χ0) is 23.0. The van der Waals surface area contributed by atoms with Crippen molar-refractivity contribution in [3.63, 3.8) is 0 Å². The Kier molecular flexibility index (Phi) is 7.10. The number of halogens is 2. The minimum absolute atomic E-state index is 0.0394. The van der Waals surface area contributed by atoms with Crippen LogP contribution in [0.25, 0.3) is 0 Å². The number of fused-ring (bicyclic) bond motifs is 1. The van der Waals surface area contributed by atoms with Crippen LogP contribution in [0.15, 0.2) is 24.3 Å². The number of benzene rings is 1. The van der Waals surface area contributed by atoms with E-state index in [1.54, 1.807) is 40.9 Å².